The van der Waals surface area contributed by atoms with Crippen LogP contribution in [0.3, 0.4) is 0 Å². The zero-order valence-corrected chi connectivity index (χ0v) is 12.0. The monoisotopic (exact) mass is 282 g/mol. The van der Waals surface area contributed by atoms with E-state index in [4.69, 9.17) is 5.11 Å². The Morgan fingerprint density at radius 3 is 2.32 bits per heavy atom. The quantitative estimate of drug-likeness (QED) is 0.742. The average Bonchev–Trinajstić information content (AvgIpc) is 2.25. The van der Waals surface area contributed by atoms with E-state index in [-0.39, 0.29) is 22.9 Å². The van der Waals surface area contributed by atoms with Crippen LogP contribution in [0.4, 0.5) is 4.79 Å². The van der Waals surface area contributed by atoms with Gasteiger partial charge in [-0.2, -0.15) is 0 Å². The zero-order chi connectivity index (χ0) is 14.5. The van der Waals surface area contributed by atoms with E-state index in [1.807, 2.05) is 20.8 Å². The van der Waals surface area contributed by atoms with Gasteiger partial charge in [0.25, 0.3) is 0 Å². The molecule has 5 nitrogen and oxygen atoms in total. The van der Waals surface area contributed by atoms with Crippen LogP contribution in [0.5, 0.6) is 5.75 Å². The van der Waals surface area contributed by atoms with Gasteiger partial charge >= 0.3 is 6.03 Å². The number of hydrogen-bond donors (Lipinski definition) is 3. The van der Waals surface area contributed by atoms with Gasteiger partial charge in [0.1, 0.15) is 5.75 Å². The van der Waals surface area contributed by atoms with Gasteiger partial charge in [0, 0.05) is 10.4 Å². The molecule has 0 aliphatic rings. The molecule has 1 aromatic rings. The number of thioether (sulfide) groups is 1. The summed E-state index contributed by atoms with van der Waals surface area (Å²) in [6.45, 7) is 5.51. The molecular formula is C13H18N2O3S. The summed E-state index contributed by atoms with van der Waals surface area (Å²) in [6, 6.07) is 6.02. The maximum Gasteiger partial charge on any atom is 0.321 e. The molecule has 6 heteroatoms. The summed E-state index contributed by atoms with van der Waals surface area (Å²) in [4.78, 5) is 23.8. The predicted octanol–water partition coefficient (Wildman–Crippen LogP) is 2.11. The van der Waals surface area contributed by atoms with Gasteiger partial charge in [-0.25, -0.2) is 4.79 Å². The summed E-state index contributed by atoms with van der Waals surface area (Å²) in [5.41, 5.74) is -0.380. The molecule has 0 bridgehead atoms. The molecule has 0 spiro atoms. The molecule has 0 heterocycles. The van der Waals surface area contributed by atoms with Gasteiger partial charge in [0.15, 0.2) is 0 Å². The zero-order valence-electron chi connectivity index (χ0n) is 11.2. The Hall–Kier alpha value is -1.69. The fourth-order valence-corrected chi connectivity index (χ4v) is 1.92. The summed E-state index contributed by atoms with van der Waals surface area (Å²) < 4.78 is 0. The predicted molar refractivity (Wildman–Crippen MR) is 75.3 cm³/mol. The van der Waals surface area contributed by atoms with Crippen LogP contribution >= 0.6 is 11.8 Å². The molecular weight excluding hydrogens is 264 g/mol. The van der Waals surface area contributed by atoms with Gasteiger partial charge in [0.2, 0.25) is 5.91 Å². The standard InChI is InChI=1S/C13H18N2O3S/c1-13(2,3)15-12(18)14-11(17)8-19-10-6-4-9(16)5-7-10/h4-7,16H,8H2,1-3H3,(H2,14,15,17,18). The van der Waals surface area contributed by atoms with Crippen LogP contribution < -0.4 is 10.6 Å². The maximum absolute atomic E-state index is 11.5. The second-order valence-corrected chi connectivity index (χ2v) is 6.08. The summed E-state index contributed by atoms with van der Waals surface area (Å²) in [5, 5.41) is 14.0. The number of phenols is 1. The molecule has 0 aliphatic heterocycles. The molecule has 1 aromatic carbocycles. The first-order valence-corrected chi connectivity index (χ1v) is 6.79. The smallest absolute Gasteiger partial charge is 0.321 e. The van der Waals surface area contributed by atoms with Crippen molar-refractivity contribution in [1.29, 1.82) is 0 Å². The van der Waals surface area contributed by atoms with E-state index < -0.39 is 6.03 Å². The number of amides is 3. The lowest BCUT2D eigenvalue weighted by Gasteiger charge is -2.20. The molecule has 1 rings (SSSR count). The van der Waals surface area contributed by atoms with Crippen molar-refractivity contribution in [2.75, 3.05) is 5.75 Å². The fourth-order valence-electron chi connectivity index (χ4n) is 1.23. The van der Waals surface area contributed by atoms with Crippen LogP contribution in [0.15, 0.2) is 29.2 Å². The van der Waals surface area contributed by atoms with E-state index in [0.717, 1.165) is 4.90 Å². The van der Waals surface area contributed by atoms with Crippen LogP contribution in [0.25, 0.3) is 0 Å². The molecule has 0 fully saturated rings. The molecule has 19 heavy (non-hydrogen) atoms. The molecule has 0 saturated carbocycles. The summed E-state index contributed by atoms with van der Waals surface area (Å²) >= 11 is 1.29. The van der Waals surface area contributed by atoms with Gasteiger partial charge in [-0.05, 0) is 45.0 Å². The van der Waals surface area contributed by atoms with Gasteiger partial charge in [-0.15, -0.1) is 11.8 Å². The first kappa shape index (κ1) is 15.4. The SMILES string of the molecule is CC(C)(C)NC(=O)NC(=O)CSc1ccc(O)cc1. The van der Waals surface area contributed by atoms with Crippen molar-refractivity contribution in [2.45, 2.75) is 31.2 Å². The molecule has 0 radical (unpaired) electrons. The Balaban J connectivity index is 2.36. The number of benzene rings is 1. The van der Waals surface area contributed by atoms with E-state index in [0.29, 0.717) is 0 Å². The molecule has 0 saturated heterocycles. The fraction of sp³-hybridized carbons (Fsp3) is 0.385. The summed E-state index contributed by atoms with van der Waals surface area (Å²) in [5.74, 6) is -0.0410. The molecule has 0 atom stereocenters. The lowest BCUT2D eigenvalue weighted by Crippen LogP contribution is -2.48. The minimum atomic E-state index is -0.496. The minimum absolute atomic E-state index is 0.141. The van der Waals surface area contributed by atoms with E-state index in [9.17, 15) is 9.59 Å². The number of aromatic hydroxyl groups is 1. The first-order chi connectivity index (χ1) is 8.76. The third kappa shape index (κ3) is 6.71. The van der Waals surface area contributed by atoms with Crippen molar-refractivity contribution in [3.05, 3.63) is 24.3 Å². The molecule has 104 valence electrons. The highest BCUT2D eigenvalue weighted by Gasteiger charge is 2.15. The van der Waals surface area contributed by atoms with Crippen molar-refractivity contribution in [2.24, 2.45) is 0 Å². The second-order valence-electron chi connectivity index (χ2n) is 5.03. The average molecular weight is 282 g/mol. The number of phenolic OH excluding ortho intramolecular Hbond substituents is 1. The molecule has 0 aliphatic carbocycles. The first-order valence-electron chi connectivity index (χ1n) is 5.80. The van der Waals surface area contributed by atoms with Gasteiger partial charge < -0.3 is 10.4 Å². The van der Waals surface area contributed by atoms with Gasteiger partial charge in [-0.1, -0.05) is 0 Å². The lowest BCUT2D eigenvalue weighted by atomic mass is 10.1. The normalized spacial score (nSPS) is 10.9. The van der Waals surface area contributed by atoms with Crippen molar-refractivity contribution in [3.63, 3.8) is 0 Å². The summed E-state index contributed by atoms with van der Waals surface area (Å²) in [6.07, 6.45) is 0. The van der Waals surface area contributed by atoms with Crippen LogP contribution in [0.2, 0.25) is 0 Å². The third-order valence-corrected chi connectivity index (χ3v) is 2.96. The maximum atomic E-state index is 11.5. The topological polar surface area (TPSA) is 78.4 Å². The van der Waals surface area contributed by atoms with Gasteiger partial charge in [0.05, 0.1) is 5.75 Å². The lowest BCUT2D eigenvalue weighted by molar-refractivity contribution is -0.117. The van der Waals surface area contributed by atoms with Crippen LogP contribution in [0.1, 0.15) is 20.8 Å². The Labute approximate surface area is 116 Å². The number of urea groups is 1. The van der Waals surface area contributed by atoms with Crippen LogP contribution in [0, 0.1) is 0 Å². The number of imide groups is 1. The van der Waals surface area contributed by atoms with E-state index >= 15 is 0 Å². The number of carbonyl (C=O) groups is 2. The Morgan fingerprint density at radius 1 is 1.21 bits per heavy atom. The Bertz CT molecular complexity index is 452. The third-order valence-electron chi connectivity index (χ3n) is 1.95. The van der Waals surface area contributed by atoms with Crippen molar-refractivity contribution >= 4 is 23.7 Å². The number of carbonyl (C=O) groups excluding carboxylic acids is 2. The van der Waals surface area contributed by atoms with Crippen molar-refractivity contribution in [3.8, 4) is 5.75 Å². The highest BCUT2D eigenvalue weighted by molar-refractivity contribution is 8.00. The van der Waals surface area contributed by atoms with Crippen molar-refractivity contribution in [1.82, 2.24) is 10.6 Å². The molecule has 0 unspecified atom stereocenters. The second kappa shape index (κ2) is 6.47. The molecule has 0 aromatic heterocycles. The number of nitrogens with one attached hydrogen (secondary N) is 2. The van der Waals surface area contributed by atoms with Gasteiger partial charge in [-0.3, -0.25) is 10.1 Å². The van der Waals surface area contributed by atoms with E-state index in [1.54, 1.807) is 24.3 Å². The largest absolute Gasteiger partial charge is 0.508 e. The number of rotatable bonds is 3. The van der Waals surface area contributed by atoms with Crippen LogP contribution in [-0.4, -0.2) is 28.3 Å². The minimum Gasteiger partial charge on any atom is -0.508 e. The van der Waals surface area contributed by atoms with Crippen LogP contribution in [-0.2, 0) is 4.79 Å². The van der Waals surface area contributed by atoms with E-state index in [2.05, 4.69) is 10.6 Å². The molecule has 3 amide bonds. The highest BCUT2D eigenvalue weighted by atomic mass is 32.2. The molecule has 3 N–H and O–H groups in total. The Kier molecular flexibility index (Phi) is 5.23. The summed E-state index contributed by atoms with van der Waals surface area (Å²) in [7, 11) is 0. The van der Waals surface area contributed by atoms with Crippen molar-refractivity contribution < 1.29 is 14.7 Å². The number of hydrogen-bond acceptors (Lipinski definition) is 4. The highest BCUT2D eigenvalue weighted by Crippen LogP contribution is 2.20. The van der Waals surface area contributed by atoms with E-state index in [1.165, 1.54) is 11.8 Å². The Morgan fingerprint density at radius 2 is 1.79 bits per heavy atom.